The molecule has 1 aliphatic rings. The minimum Gasteiger partial charge on any atom is -0.462 e. The molecule has 1 N–H and O–H groups in total. The summed E-state index contributed by atoms with van der Waals surface area (Å²) < 4.78 is 5.19. The van der Waals surface area contributed by atoms with Crippen LogP contribution in [0.25, 0.3) is 11.1 Å². The number of rotatable bonds is 5. The summed E-state index contributed by atoms with van der Waals surface area (Å²) in [7, 11) is 0. The fraction of sp³-hybridized carbons (Fsp3) is 0.409. The molecule has 0 radical (unpaired) electrons. The Bertz CT molecular complexity index is 885. The van der Waals surface area contributed by atoms with Crippen LogP contribution in [0.15, 0.2) is 30.3 Å². The largest absolute Gasteiger partial charge is 0.462 e. The first-order valence-electron chi connectivity index (χ1n) is 9.72. The number of amides is 1. The molecule has 0 saturated carbocycles. The smallest absolute Gasteiger partial charge is 0.340 e. The summed E-state index contributed by atoms with van der Waals surface area (Å²) >= 11 is 0. The van der Waals surface area contributed by atoms with Crippen molar-refractivity contribution in [3.8, 4) is 11.1 Å². The Morgan fingerprint density at radius 1 is 1.21 bits per heavy atom. The Labute approximate surface area is 164 Å². The maximum atomic E-state index is 13.1. The molecule has 2 aromatic rings. The van der Waals surface area contributed by atoms with Crippen molar-refractivity contribution in [3.63, 3.8) is 0 Å². The van der Waals surface area contributed by atoms with Gasteiger partial charge < -0.3 is 14.6 Å². The van der Waals surface area contributed by atoms with Gasteiger partial charge in [0.15, 0.2) is 0 Å². The van der Waals surface area contributed by atoms with E-state index < -0.39 is 17.7 Å². The number of aromatic nitrogens is 1. The average molecular weight is 382 g/mol. The molecule has 1 amide bonds. The fourth-order valence-electron chi connectivity index (χ4n) is 3.77. The number of aryl methyl sites for hydroxylation is 1. The van der Waals surface area contributed by atoms with Gasteiger partial charge in [-0.2, -0.15) is 0 Å². The van der Waals surface area contributed by atoms with Crippen LogP contribution in [-0.4, -0.2) is 47.2 Å². The highest BCUT2D eigenvalue weighted by Gasteiger charge is 2.33. The van der Waals surface area contributed by atoms with Gasteiger partial charge in [0.05, 0.1) is 12.2 Å². The Morgan fingerprint density at radius 2 is 1.93 bits per heavy atom. The van der Waals surface area contributed by atoms with E-state index in [9.17, 15) is 14.4 Å². The minimum atomic E-state index is -0.619. The molecule has 0 spiro atoms. The first kappa shape index (κ1) is 19.9. The molecular weight excluding hydrogens is 356 g/mol. The number of benzene rings is 1. The van der Waals surface area contributed by atoms with Gasteiger partial charge in [-0.25, -0.2) is 4.79 Å². The summed E-state index contributed by atoms with van der Waals surface area (Å²) in [4.78, 5) is 43.2. The van der Waals surface area contributed by atoms with Crippen molar-refractivity contribution in [2.45, 2.75) is 33.6 Å². The van der Waals surface area contributed by atoms with E-state index in [4.69, 9.17) is 4.74 Å². The van der Waals surface area contributed by atoms with Gasteiger partial charge in [0, 0.05) is 24.3 Å². The minimum absolute atomic E-state index is 0.148. The summed E-state index contributed by atoms with van der Waals surface area (Å²) in [6, 6.07) is 9.14. The number of hydrogen-bond donors (Lipinski definition) is 1. The van der Waals surface area contributed by atoms with Crippen LogP contribution < -0.4 is 0 Å². The van der Waals surface area contributed by atoms with Crippen molar-refractivity contribution in [2.75, 3.05) is 19.7 Å². The number of piperidine rings is 1. The Balaban J connectivity index is 2.05. The first-order chi connectivity index (χ1) is 13.4. The number of likely N-dealkylation sites (tertiary alicyclic amines) is 1. The lowest BCUT2D eigenvalue weighted by atomic mass is 9.97. The maximum absolute atomic E-state index is 13.1. The summed E-state index contributed by atoms with van der Waals surface area (Å²) in [6.45, 7) is 6.91. The number of nitrogens with zero attached hydrogens (tertiary/aromatic N) is 1. The topological polar surface area (TPSA) is 79.5 Å². The van der Waals surface area contributed by atoms with Crippen LogP contribution in [0.3, 0.4) is 0 Å². The second-order valence-electron chi connectivity index (χ2n) is 7.29. The monoisotopic (exact) mass is 382 g/mol. The number of carbonyl (C=O) groups is 3. The van der Waals surface area contributed by atoms with E-state index in [2.05, 4.69) is 11.9 Å². The van der Waals surface area contributed by atoms with Crippen LogP contribution in [0.5, 0.6) is 0 Å². The number of nitrogens with one attached hydrogen (secondary N) is 1. The molecule has 1 aliphatic heterocycles. The van der Waals surface area contributed by atoms with Crippen LogP contribution in [0.4, 0.5) is 0 Å². The van der Waals surface area contributed by atoms with Gasteiger partial charge in [-0.15, -0.1) is 0 Å². The predicted octanol–water partition coefficient (Wildman–Crippen LogP) is 3.61. The number of ether oxygens (including phenoxy) is 1. The van der Waals surface area contributed by atoms with E-state index in [1.165, 1.54) is 0 Å². The van der Waals surface area contributed by atoms with Crippen molar-refractivity contribution in [1.82, 2.24) is 9.88 Å². The summed E-state index contributed by atoms with van der Waals surface area (Å²) in [5.41, 5.74) is 2.09. The predicted molar refractivity (Wildman–Crippen MR) is 106 cm³/mol. The molecule has 1 aromatic carbocycles. The molecule has 6 heteroatoms. The molecule has 2 heterocycles. The van der Waals surface area contributed by atoms with E-state index >= 15 is 0 Å². The van der Waals surface area contributed by atoms with Gasteiger partial charge in [0.25, 0.3) is 11.7 Å². The number of Topliss-reactive ketones (excluding diaryl/α,β-unsaturated/α-hetero) is 1. The maximum Gasteiger partial charge on any atom is 0.340 e. The van der Waals surface area contributed by atoms with Gasteiger partial charge in [-0.3, -0.25) is 9.59 Å². The van der Waals surface area contributed by atoms with Gasteiger partial charge in [-0.05, 0) is 38.2 Å². The summed E-state index contributed by atoms with van der Waals surface area (Å²) in [5, 5.41) is 0. The van der Waals surface area contributed by atoms with Crippen molar-refractivity contribution < 1.29 is 19.1 Å². The summed E-state index contributed by atoms with van der Waals surface area (Å²) in [5.74, 6) is -1.28. The van der Waals surface area contributed by atoms with E-state index in [1.54, 1.807) is 18.7 Å². The molecule has 1 atom stereocenters. The molecule has 0 aliphatic carbocycles. The molecule has 6 nitrogen and oxygen atoms in total. The third-order valence-corrected chi connectivity index (χ3v) is 5.10. The number of carbonyl (C=O) groups excluding carboxylic acids is 3. The lowest BCUT2D eigenvalue weighted by Crippen LogP contribution is -2.43. The Morgan fingerprint density at radius 3 is 2.57 bits per heavy atom. The first-order valence-corrected chi connectivity index (χ1v) is 9.72. The molecule has 3 rings (SSSR count). The molecule has 1 fully saturated rings. The van der Waals surface area contributed by atoms with Gasteiger partial charge in [-0.1, -0.05) is 37.3 Å². The van der Waals surface area contributed by atoms with Crippen molar-refractivity contribution in [1.29, 1.82) is 0 Å². The lowest BCUT2D eigenvalue weighted by Gasteiger charge is -2.30. The molecule has 1 aromatic heterocycles. The van der Waals surface area contributed by atoms with Crippen LogP contribution in [0.1, 0.15) is 53.2 Å². The third-order valence-electron chi connectivity index (χ3n) is 5.10. The second kappa shape index (κ2) is 8.42. The van der Waals surface area contributed by atoms with Crippen molar-refractivity contribution in [2.24, 2.45) is 5.92 Å². The van der Waals surface area contributed by atoms with Crippen LogP contribution in [-0.2, 0) is 9.53 Å². The fourth-order valence-corrected chi connectivity index (χ4v) is 3.77. The molecule has 148 valence electrons. The van der Waals surface area contributed by atoms with E-state index in [0.29, 0.717) is 41.4 Å². The number of hydrogen-bond acceptors (Lipinski definition) is 4. The highest BCUT2D eigenvalue weighted by atomic mass is 16.5. The third kappa shape index (κ3) is 3.86. The summed E-state index contributed by atoms with van der Waals surface area (Å²) in [6.07, 6.45) is 1.95. The van der Waals surface area contributed by atoms with Crippen LogP contribution in [0, 0.1) is 12.8 Å². The van der Waals surface area contributed by atoms with E-state index in [1.807, 2.05) is 30.3 Å². The number of ketones is 1. The Kier molecular flexibility index (Phi) is 5.97. The second-order valence-corrected chi connectivity index (χ2v) is 7.29. The highest BCUT2D eigenvalue weighted by Crippen LogP contribution is 2.32. The zero-order valence-corrected chi connectivity index (χ0v) is 16.6. The van der Waals surface area contributed by atoms with Crippen LogP contribution >= 0.6 is 0 Å². The van der Waals surface area contributed by atoms with Crippen molar-refractivity contribution in [3.05, 3.63) is 47.3 Å². The average Bonchev–Trinajstić information content (AvgIpc) is 3.05. The number of aromatic amines is 1. The molecule has 1 saturated heterocycles. The number of esters is 1. The normalized spacial score (nSPS) is 16.7. The molecule has 28 heavy (non-hydrogen) atoms. The van der Waals surface area contributed by atoms with Crippen LogP contribution in [0.2, 0.25) is 0 Å². The quantitative estimate of drug-likeness (QED) is 0.487. The standard InChI is InChI=1S/C22H26N2O4/c1-4-28-22(27)17-15(3)23-19(18(17)16-10-6-5-7-11-16)20(25)21(26)24-12-8-9-14(2)13-24/h5-7,10-11,14,23H,4,8-9,12-13H2,1-3H3/t14-/m1/s1. The molecule has 0 unspecified atom stereocenters. The van der Waals surface area contributed by atoms with E-state index in [0.717, 1.165) is 12.8 Å². The number of H-pyrrole nitrogens is 1. The van der Waals surface area contributed by atoms with Gasteiger partial charge >= 0.3 is 5.97 Å². The van der Waals surface area contributed by atoms with Gasteiger partial charge in [0.2, 0.25) is 0 Å². The molecular formula is C22H26N2O4. The van der Waals surface area contributed by atoms with Crippen molar-refractivity contribution >= 4 is 17.7 Å². The lowest BCUT2D eigenvalue weighted by molar-refractivity contribution is -0.128. The zero-order valence-electron chi connectivity index (χ0n) is 16.6. The Hall–Kier alpha value is -2.89. The molecule has 0 bridgehead atoms. The SMILES string of the molecule is CCOC(=O)c1c(C)[nH]c(C(=O)C(=O)N2CCC[C@@H](C)C2)c1-c1ccccc1. The van der Waals surface area contributed by atoms with Gasteiger partial charge in [0.1, 0.15) is 5.69 Å². The zero-order chi connectivity index (χ0) is 20.3. The highest BCUT2D eigenvalue weighted by molar-refractivity contribution is 6.43. The van der Waals surface area contributed by atoms with E-state index in [-0.39, 0.29) is 12.3 Å².